The Hall–Kier alpha value is -6.32. The molecule has 0 radical (unpaired) electrons. The molecule has 0 saturated heterocycles. The van der Waals surface area contributed by atoms with Crippen LogP contribution in [-0.4, -0.2) is 69.9 Å². The van der Waals surface area contributed by atoms with E-state index in [2.05, 4.69) is 4.74 Å². The van der Waals surface area contributed by atoms with Crippen LogP contribution >= 0.6 is 0 Å². The van der Waals surface area contributed by atoms with Crippen molar-refractivity contribution in [1.29, 1.82) is 0 Å². The maximum Gasteiger partial charge on any atom is 0.374 e. The van der Waals surface area contributed by atoms with Crippen molar-refractivity contribution in [2.24, 2.45) is 0 Å². The molecule has 0 fully saturated rings. The Morgan fingerprint density at radius 3 is 2.35 bits per heavy atom. The standard InChI is InChI=1S/C30H20O16/c1-41-14-7-13(31)20-21(23(14)36)25(38)27-12(22(20)35)8-30(46-27)9-16(43-18(34)4-3-17(32)33)11-5-10-6-15(28(39)42-2)44-29(40)19(10)24(37)26(11)45-30/h3-7,16,35,37-38H,8-9H2,1-2H3,(H,32,33)/b4-3+. The molecular formula is C30H20O16. The Morgan fingerprint density at radius 1 is 0.957 bits per heavy atom. The molecular weight excluding hydrogens is 616 g/mol. The highest BCUT2D eigenvalue weighted by molar-refractivity contribution is 6.26. The average Bonchev–Trinajstić information content (AvgIpc) is 3.38. The minimum atomic E-state index is -2.02. The number of Topliss-reactive ketones (excluding diaryl/α,β-unsaturated/α-hetero) is 1. The third-order valence-electron chi connectivity index (χ3n) is 7.56. The van der Waals surface area contributed by atoms with Gasteiger partial charge in [-0.1, -0.05) is 0 Å². The van der Waals surface area contributed by atoms with Gasteiger partial charge >= 0.3 is 23.5 Å². The molecule has 236 valence electrons. The number of carbonyl (C=O) groups excluding carboxylic acids is 4. The summed E-state index contributed by atoms with van der Waals surface area (Å²) >= 11 is 0. The molecule has 3 heterocycles. The number of phenolic OH excluding ortho intramolecular Hbond substituents is 3. The van der Waals surface area contributed by atoms with E-state index in [0.29, 0.717) is 12.2 Å². The molecule has 0 bridgehead atoms. The normalized spacial score (nSPS) is 19.5. The number of carbonyl (C=O) groups is 5. The molecule has 6 rings (SSSR count). The van der Waals surface area contributed by atoms with Crippen molar-refractivity contribution in [3.63, 3.8) is 0 Å². The number of esters is 2. The van der Waals surface area contributed by atoms with E-state index in [-0.39, 0.29) is 16.5 Å². The zero-order valence-electron chi connectivity index (χ0n) is 23.6. The lowest BCUT2D eigenvalue weighted by molar-refractivity contribution is -0.165. The predicted octanol–water partition coefficient (Wildman–Crippen LogP) is 1.94. The third kappa shape index (κ3) is 4.45. The van der Waals surface area contributed by atoms with E-state index in [1.165, 1.54) is 6.07 Å². The molecule has 1 aromatic heterocycles. The zero-order chi connectivity index (χ0) is 33.2. The number of carboxylic acid groups (broad SMARTS) is 1. The molecule has 2 atom stereocenters. The van der Waals surface area contributed by atoms with Gasteiger partial charge in [0.15, 0.2) is 34.5 Å². The Balaban J connectivity index is 1.51. The molecule has 16 nitrogen and oxygen atoms in total. The Bertz CT molecular complexity index is 2070. The fraction of sp³-hybridized carbons (Fsp3) is 0.200. The summed E-state index contributed by atoms with van der Waals surface area (Å²) in [6.45, 7) is 0. The maximum atomic E-state index is 13.0. The van der Waals surface area contributed by atoms with Crippen LogP contribution in [0.1, 0.15) is 54.9 Å². The van der Waals surface area contributed by atoms with Crippen molar-refractivity contribution < 1.29 is 72.5 Å². The first-order chi connectivity index (χ1) is 21.8. The lowest BCUT2D eigenvalue weighted by atomic mass is 9.87. The summed E-state index contributed by atoms with van der Waals surface area (Å²) in [4.78, 5) is 74.3. The van der Waals surface area contributed by atoms with Crippen molar-refractivity contribution in [3.05, 3.63) is 74.6 Å². The molecule has 3 aromatic rings. The summed E-state index contributed by atoms with van der Waals surface area (Å²) in [6.07, 6.45) is -0.341. The highest BCUT2D eigenvalue weighted by Crippen LogP contribution is 2.57. The molecule has 16 heteroatoms. The lowest BCUT2D eigenvalue weighted by Gasteiger charge is -2.38. The maximum absolute atomic E-state index is 13.0. The van der Waals surface area contributed by atoms with Crippen LogP contribution in [0.4, 0.5) is 0 Å². The number of allylic oxidation sites excluding steroid dienone is 2. The number of aliphatic carboxylic acids is 1. The number of ketones is 2. The van der Waals surface area contributed by atoms with Crippen LogP contribution in [0.5, 0.6) is 28.7 Å². The van der Waals surface area contributed by atoms with Gasteiger partial charge in [0.05, 0.1) is 38.2 Å². The largest absolute Gasteiger partial charge is 0.507 e. The lowest BCUT2D eigenvalue weighted by Crippen LogP contribution is -2.46. The third-order valence-corrected chi connectivity index (χ3v) is 7.56. The first-order valence-corrected chi connectivity index (χ1v) is 13.2. The van der Waals surface area contributed by atoms with Gasteiger partial charge in [-0.15, -0.1) is 0 Å². The Kier molecular flexibility index (Phi) is 6.72. The molecule has 4 N–H and O–H groups in total. The van der Waals surface area contributed by atoms with Crippen molar-refractivity contribution in [3.8, 4) is 28.7 Å². The monoisotopic (exact) mass is 636 g/mol. The van der Waals surface area contributed by atoms with E-state index in [4.69, 9.17) is 28.5 Å². The highest BCUT2D eigenvalue weighted by Gasteiger charge is 2.53. The van der Waals surface area contributed by atoms with Gasteiger partial charge in [0, 0.05) is 29.4 Å². The van der Waals surface area contributed by atoms with E-state index in [0.717, 1.165) is 26.4 Å². The Morgan fingerprint density at radius 2 is 1.67 bits per heavy atom. The predicted molar refractivity (Wildman–Crippen MR) is 147 cm³/mol. The zero-order valence-corrected chi connectivity index (χ0v) is 23.6. The fourth-order valence-corrected chi connectivity index (χ4v) is 5.61. The molecule has 3 aliphatic rings. The first kappa shape index (κ1) is 29.7. The van der Waals surface area contributed by atoms with Gasteiger partial charge in [-0.3, -0.25) is 9.59 Å². The summed E-state index contributed by atoms with van der Waals surface area (Å²) in [7, 11) is 2.18. The van der Waals surface area contributed by atoms with Crippen molar-refractivity contribution >= 4 is 40.2 Å². The molecule has 0 amide bonds. The van der Waals surface area contributed by atoms with E-state index < -0.39 is 117 Å². The highest BCUT2D eigenvalue weighted by atomic mass is 16.7. The van der Waals surface area contributed by atoms with Gasteiger partial charge in [-0.25, -0.2) is 19.2 Å². The van der Waals surface area contributed by atoms with Gasteiger partial charge < -0.3 is 48.5 Å². The van der Waals surface area contributed by atoms with Crippen LogP contribution in [0.25, 0.3) is 10.8 Å². The number of fused-ring (bicyclic) bond motifs is 4. The van der Waals surface area contributed by atoms with Crippen molar-refractivity contribution in [2.45, 2.75) is 24.7 Å². The summed E-state index contributed by atoms with van der Waals surface area (Å²) in [5.41, 5.74) is -2.51. The SMILES string of the molecule is COC(=O)c1cc2cc3c(c(O)c2c(=O)o1)OC1(Cc2c(O)c4c(c(O)c2O1)C(=O)C(OC)=CC4=O)CC3OC(=O)/C=C/C(=O)O. The van der Waals surface area contributed by atoms with Crippen LogP contribution in [-0.2, 0) is 30.2 Å². The average molecular weight is 636 g/mol. The number of benzene rings is 2. The Labute approximate surface area is 255 Å². The number of carboxylic acids is 1. The molecule has 2 aliphatic heterocycles. The number of phenols is 3. The number of ether oxygens (including phenoxy) is 5. The van der Waals surface area contributed by atoms with Crippen molar-refractivity contribution in [1.82, 2.24) is 0 Å². The number of hydrogen-bond acceptors (Lipinski definition) is 15. The summed E-state index contributed by atoms with van der Waals surface area (Å²) in [5, 5.41) is 41.9. The second-order valence-corrected chi connectivity index (χ2v) is 10.3. The molecule has 2 aromatic carbocycles. The van der Waals surface area contributed by atoms with Crippen LogP contribution < -0.4 is 15.1 Å². The number of aromatic hydroxyl groups is 3. The van der Waals surface area contributed by atoms with Crippen molar-refractivity contribution in [2.75, 3.05) is 14.2 Å². The first-order valence-electron chi connectivity index (χ1n) is 13.2. The topological polar surface area (TPSA) is 243 Å². The second kappa shape index (κ2) is 10.4. The molecule has 1 spiro atoms. The van der Waals surface area contributed by atoms with Crippen LogP contribution in [0.15, 0.2) is 45.3 Å². The van der Waals surface area contributed by atoms with Crippen LogP contribution in [0.2, 0.25) is 0 Å². The molecule has 0 saturated carbocycles. The molecule has 1 aliphatic carbocycles. The van der Waals surface area contributed by atoms with Gasteiger partial charge in [0.25, 0.3) is 5.79 Å². The van der Waals surface area contributed by atoms with E-state index in [1.807, 2.05) is 0 Å². The van der Waals surface area contributed by atoms with E-state index in [9.17, 15) is 44.1 Å². The van der Waals surface area contributed by atoms with E-state index >= 15 is 0 Å². The minimum absolute atomic E-state index is 0.0494. The quantitative estimate of drug-likeness (QED) is 0.178. The number of methoxy groups -OCH3 is 2. The summed E-state index contributed by atoms with van der Waals surface area (Å²) in [5.74, 6) is -11.6. The minimum Gasteiger partial charge on any atom is -0.507 e. The number of rotatable bonds is 5. The smallest absolute Gasteiger partial charge is 0.374 e. The fourth-order valence-electron chi connectivity index (χ4n) is 5.61. The van der Waals surface area contributed by atoms with E-state index in [1.54, 1.807) is 0 Å². The van der Waals surface area contributed by atoms with Crippen LogP contribution in [0, 0.1) is 0 Å². The van der Waals surface area contributed by atoms with Crippen LogP contribution in [0.3, 0.4) is 0 Å². The van der Waals surface area contributed by atoms with Gasteiger partial charge in [0.2, 0.25) is 11.5 Å². The van der Waals surface area contributed by atoms with Gasteiger partial charge in [0.1, 0.15) is 17.2 Å². The number of hydrogen-bond donors (Lipinski definition) is 4. The molecule has 2 unspecified atom stereocenters. The molecule has 46 heavy (non-hydrogen) atoms. The summed E-state index contributed by atoms with van der Waals surface area (Å²) in [6, 6.07) is 2.35. The second-order valence-electron chi connectivity index (χ2n) is 10.3. The van der Waals surface area contributed by atoms with Gasteiger partial charge in [-0.2, -0.15) is 0 Å². The van der Waals surface area contributed by atoms with Gasteiger partial charge in [-0.05, 0) is 17.5 Å². The summed E-state index contributed by atoms with van der Waals surface area (Å²) < 4.78 is 32.0.